The largest absolute Gasteiger partial charge is 0.444 e. The first kappa shape index (κ1) is 18.6. The molecule has 1 amide bonds. The first-order valence-corrected chi connectivity index (χ1v) is 8.25. The number of halogens is 2. The van der Waals surface area contributed by atoms with Crippen LogP contribution in [0.15, 0.2) is 30.3 Å². The summed E-state index contributed by atoms with van der Waals surface area (Å²) >= 11 is 0. The van der Waals surface area contributed by atoms with Crippen molar-refractivity contribution in [2.45, 2.75) is 57.7 Å². The van der Waals surface area contributed by atoms with Gasteiger partial charge in [0.25, 0.3) is 5.92 Å². The standard InChI is InChI=1S/C18H26F2N2O2/c1-13(14-8-6-5-7-9-14)21-15-10-11-22(12-18(15,19)20)16(23)24-17(2,3)4/h5-9,13,15,21H,10-12H2,1-4H3/t13?,15-/m0/s1. The highest BCUT2D eigenvalue weighted by Crippen LogP contribution is 2.30. The van der Waals surface area contributed by atoms with Crippen LogP contribution in [0.2, 0.25) is 0 Å². The van der Waals surface area contributed by atoms with Crippen molar-refractivity contribution in [3.8, 4) is 0 Å². The van der Waals surface area contributed by atoms with Crippen molar-refractivity contribution in [1.82, 2.24) is 10.2 Å². The molecule has 1 unspecified atom stereocenters. The molecule has 0 aliphatic carbocycles. The summed E-state index contributed by atoms with van der Waals surface area (Å²) in [5.74, 6) is -3.00. The lowest BCUT2D eigenvalue weighted by Crippen LogP contribution is -2.59. The van der Waals surface area contributed by atoms with Gasteiger partial charge in [-0.15, -0.1) is 0 Å². The Morgan fingerprint density at radius 2 is 1.96 bits per heavy atom. The molecule has 24 heavy (non-hydrogen) atoms. The van der Waals surface area contributed by atoms with Gasteiger partial charge in [0.05, 0.1) is 12.6 Å². The Morgan fingerprint density at radius 3 is 2.50 bits per heavy atom. The topological polar surface area (TPSA) is 41.6 Å². The highest BCUT2D eigenvalue weighted by Gasteiger charge is 2.47. The lowest BCUT2D eigenvalue weighted by atomic mass is 9.98. The number of hydrogen-bond donors (Lipinski definition) is 1. The van der Waals surface area contributed by atoms with Crippen LogP contribution in [-0.2, 0) is 4.74 Å². The van der Waals surface area contributed by atoms with Crippen LogP contribution in [0.3, 0.4) is 0 Å². The summed E-state index contributed by atoms with van der Waals surface area (Å²) in [6.07, 6.45) is -0.500. The predicted molar refractivity (Wildman–Crippen MR) is 89.2 cm³/mol. The number of benzene rings is 1. The number of carbonyl (C=O) groups excluding carboxylic acids is 1. The number of rotatable bonds is 3. The smallest absolute Gasteiger partial charge is 0.410 e. The molecule has 1 aliphatic rings. The lowest BCUT2D eigenvalue weighted by Gasteiger charge is -2.40. The second-order valence-corrected chi connectivity index (χ2v) is 7.30. The molecule has 1 N–H and O–H groups in total. The number of ether oxygens (including phenoxy) is 1. The minimum absolute atomic E-state index is 0.184. The van der Waals surface area contributed by atoms with E-state index in [4.69, 9.17) is 4.74 Å². The summed E-state index contributed by atoms with van der Waals surface area (Å²) in [5.41, 5.74) is 0.270. The van der Waals surface area contributed by atoms with Crippen molar-refractivity contribution in [2.75, 3.05) is 13.1 Å². The average Bonchev–Trinajstić information content (AvgIpc) is 2.48. The van der Waals surface area contributed by atoms with Crippen LogP contribution in [0.4, 0.5) is 13.6 Å². The van der Waals surface area contributed by atoms with Crippen molar-refractivity contribution in [3.05, 3.63) is 35.9 Å². The molecule has 0 aromatic heterocycles. The Morgan fingerprint density at radius 1 is 1.33 bits per heavy atom. The fourth-order valence-electron chi connectivity index (χ4n) is 2.77. The number of nitrogens with zero attached hydrogens (tertiary/aromatic N) is 1. The molecule has 6 heteroatoms. The van der Waals surface area contributed by atoms with Gasteiger partial charge in [-0.3, -0.25) is 0 Å². The Hall–Kier alpha value is -1.69. The number of amides is 1. The van der Waals surface area contributed by atoms with Gasteiger partial charge in [-0.2, -0.15) is 0 Å². The zero-order valence-corrected chi connectivity index (χ0v) is 14.7. The van der Waals surface area contributed by atoms with Gasteiger partial charge in [0.1, 0.15) is 5.60 Å². The van der Waals surface area contributed by atoms with Gasteiger partial charge < -0.3 is 15.0 Å². The maximum atomic E-state index is 14.5. The molecule has 4 nitrogen and oxygen atoms in total. The van der Waals surface area contributed by atoms with Crippen LogP contribution in [0.1, 0.15) is 45.7 Å². The number of piperidine rings is 1. The van der Waals surface area contributed by atoms with Crippen molar-refractivity contribution < 1.29 is 18.3 Å². The molecule has 0 bridgehead atoms. The number of nitrogens with one attached hydrogen (secondary N) is 1. The molecule has 0 spiro atoms. The molecule has 1 aromatic rings. The zero-order chi connectivity index (χ0) is 18.0. The summed E-state index contributed by atoms with van der Waals surface area (Å²) in [4.78, 5) is 13.1. The predicted octanol–water partition coefficient (Wildman–Crippen LogP) is 3.98. The first-order chi connectivity index (χ1) is 11.1. The molecule has 2 rings (SSSR count). The second kappa shape index (κ2) is 7.05. The number of hydrogen-bond acceptors (Lipinski definition) is 3. The summed E-state index contributed by atoms with van der Waals surface area (Å²) in [6.45, 7) is 6.66. The lowest BCUT2D eigenvalue weighted by molar-refractivity contribution is -0.0934. The average molecular weight is 340 g/mol. The molecule has 2 atom stereocenters. The number of carbonyl (C=O) groups is 1. The normalized spacial score (nSPS) is 22.1. The molecular weight excluding hydrogens is 314 g/mol. The molecular formula is C18H26F2N2O2. The molecule has 0 radical (unpaired) electrons. The summed E-state index contributed by atoms with van der Waals surface area (Å²) < 4.78 is 34.1. The summed E-state index contributed by atoms with van der Waals surface area (Å²) in [5, 5.41) is 3.00. The molecule has 0 saturated carbocycles. The third kappa shape index (κ3) is 4.90. The van der Waals surface area contributed by atoms with Crippen molar-refractivity contribution >= 4 is 6.09 Å². The van der Waals surface area contributed by atoms with Gasteiger partial charge in [0.15, 0.2) is 0 Å². The third-order valence-corrected chi connectivity index (χ3v) is 4.00. The van der Waals surface area contributed by atoms with Crippen LogP contribution in [-0.4, -0.2) is 41.6 Å². The van der Waals surface area contributed by atoms with E-state index in [2.05, 4.69) is 5.32 Å². The minimum Gasteiger partial charge on any atom is -0.444 e. The van der Waals surface area contributed by atoms with E-state index in [0.717, 1.165) is 10.5 Å². The Bertz CT molecular complexity index is 558. The molecule has 1 saturated heterocycles. The summed E-state index contributed by atoms with van der Waals surface area (Å²) in [7, 11) is 0. The monoisotopic (exact) mass is 340 g/mol. The van der Waals surface area contributed by atoms with Crippen molar-refractivity contribution in [3.63, 3.8) is 0 Å². The van der Waals surface area contributed by atoms with Gasteiger partial charge in [-0.1, -0.05) is 30.3 Å². The van der Waals surface area contributed by atoms with Crippen LogP contribution < -0.4 is 5.32 Å². The number of alkyl halides is 2. The Labute approximate surface area is 142 Å². The molecule has 134 valence electrons. The van der Waals surface area contributed by atoms with E-state index in [9.17, 15) is 13.6 Å². The van der Waals surface area contributed by atoms with Crippen LogP contribution >= 0.6 is 0 Å². The highest BCUT2D eigenvalue weighted by molar-refractivity contribution is 5.68. The van der Waals surface area contributed by atoms with Crippen molar-refractivity contribution in [2.24, 2.45) is 0 Å². The zero-order valence-electron chi connectivity index (χ0n) is 14.7. The first-order valence-electron chi connectivity index (χ1n) is 8.25. The number of likely N-dealkylation sites (tertiary alicyclic amines) is 1. The van der Waals surface area contributed by atoms with E-state index in [-0.39, 0.29) is 19.0 Å². The SMILES string of the molecule is CC(N[C@H]1CCN(C(=O)OC(C)(C)C)CC1(F)F)c1ccccc1. The third-order valence-electron chi connectivity index (χ3n) is 4.00. The fourth-order valence-corrected chi connectivity index (χ4v) is 2.77. The quantitative estimate of drug-likeness (QED) is 0.905. The van der Waals surface area contributed by atoms with E-state index < -0.39 is 30.2 Å². The summed E-state index contributed by atoms with van der Waals surface area (Å²) in [6, 6.07) is 8.33. The van der Waals surface area contributed by atoms with Crippen LogP contribution in [0, 0.1) is 0 Å². The molecule has 1 aliphatic heterocycles. The van der Waals surface area contributed by atoms with Crippen LogP contribution in [0.5, 0.6) is 0 Å². The fraction of sp³-hybridized carbons (Fsp3) is 0.611. The van der Waals surface area contributed by atoms with E-state index in [1.807, 2.05) is 37.3 Å². The van der Waals surface area contributed by atoms with Gasteiger partial charge in [0, 0.05) is 12.6 Å². The van der Waals surface area contributed by atoms with E-state index in [1.54, 1.807) is 20.8 Å². The van der Waals surface area contributed by atoms with Crippen LogP contribution in [0.25, 0.3) is 0 Å². The van der Waals surface area contributed by atoms with Gasteiger partial charge in [-0.25, -0.2) is 13.6 Å². The highest BCUT2D eigenvalue weighted by atomic mass is 19.3. The Kier molecular flexibility index (Phi) is 5.48. The van der Waals surface area contributed by atoms with E-state index in [1.165, 1.54) is 0 Å². The van der Waals surface area contributed by atoms with E-state index in [0.29, 0.717) is 0 Å². The van der Waals surface area contributed by atoms with Gasteiger partial charge >= 0.3 is 6.09 Å². The molecule has 1 heterocycles. The van der Waals surface area contributed by atoms with Crippen molar-refractivity contribution in [1.29, 1.82) is 0 Å². The molecule has 1 aromatic carbocycles. The maximum absolute atomic E-state index is 14.5. The Balaban J connectivity index is 1.97. The van der Waals surface area contributed by atoms with Gasteiger partial charge in [-0.05, 0) is 39.7 Å². The molecule has 1 fully saturated rings. The maximum Gasteiger partial charge on any atom is 0.410 e. The second-order valence-electron chi connectivity index (χ2n) is 7.30. The van der Waals surface area contributed by atoms with E-state index >= 15 is 0 Å². The minimum atomic E-state index is -3.00. The van der Waals surface area contributed by atoms with Gasteiger partial charge in [0.2, 0.25) is 0 Å².